The normalized spacial score (nSPS) is 11.5. The van der Waals surface area contributed by atoms with Crippen molar-refractivity contribution >= 4 is 33.3 Å². The van der Waals surface area contributed by atoms with Crippen molar-refractivity contribution in [3.05, 3.63) is 90.0 Å². The average Bonchev–Trinajstić information content (AvgIpc) is 3.35. The summed E-state index contributed by atoms with van der Waals surface area (Å²) >= 11 is 6.06. The molecule has 0 aliphatic rings. The Hall–Kier alpha value is -3.66. The van der Waals surface area contributed by atoms with Crippen LogP contribution in [0.4, 0.5) is 5.82 Å². The number of sulfonamides is 1. The molecule has 8 nitrogen and oxygen atoms in total. The number of benzene rings is 3. The van der Waals surface area contributed by atoms with Crippen LogP contribution in [0.15, 0.2) is 89.8 Å². The third kappa shape index (κ3) is 6.42. The monoisotopic (exact) mass is 552 g/mol. The predicted octanol–water partition coefficient (Wildman–Crippen LogP) is 5.63. The zero-order valence-corrected chi connectivity index (χ0v) is 22.7. The molecule has 0 bridgehead atoms. The molecule has 198 valence electrons. The van der Waals surface area contributed by atoms with Crippen LogP contribution in [0.3, 0.4) is 0 Å². The van der Waals surface area contributed by atoms with E-state index in [2.05, 4.69) is 10.4 Å². The summed E-state index contributed by atoms with van der Waals surface area (Å²) in [7, 11) is -2.40. The Morgan fingerprint density at radius 3 is 2.34 bits per heavy atom. The molecule has 0 aliphatic carbocycles. The number of methoxy groups -OCH3 is 1. The first-order valence-corrected chi connectivity index (χ1v) is 14.0. The summed E-state index contributed by atoms with van der Waals surface area (Å²) in [6.07, 6.45) is 1.39. The zero-order valence-electron chi connectivity index (χ0n) is 21.2. The maximum Gasteiger partial charge on any atom is 0.243 e. The lowest BCUT2D eigenvalue weighted by Gasteiger charge is -2.22. The quantitative estimate of drug-likeness (QED) is 0.260. The van der Waals surface area contributed by atoms with Gasteiger partial charge in [-0.25, -0.2) is 13.1 Å². The molecule has 38 heavy (non-hydrogen) atoms. The lowest BCUT2D eigenvalue weighted by molar-refractivity contribution is -0.116. The van der Waals surface area contributed by atoms with Gasteiger partial charge in [0.2, 0.25) is 15.9 Å². The number of halogens is 1. The first-order valence-electron chi connectivity index (χ1n) is 12.2. The Bertz CT molecular complexity index is 1470. The number of hydrogen-bond donors (Lipinski definition) is 1. The highest BCUT2D eigenvalue weighted by molar-refractivity contribution is 7.89. The molecule has 1 amide bonds. The van der Waals surface area contributed by atoms with Gasteiger partial charge < -0.3 is 10.1 Å². The van der Waals surface area contributed by atoms with E-state index in [1.165, 1.54) is 23.5 Å². The van der Waals surface area contributed by atoms with E-state index in [9.17, 15) is 13.2 Å². The lowest BCUT2D eigenvalue weighted by atomic mass is 10.2. The average molecular weight is 553 g/mol. The van der Waals surface area contributed by atoms with E-state index in [0.717, 1.165) is 12.0 Å². The molecule has 0 atom stereocenters. The molecule has 0 aliphatic heterocycles. The van der Waals surface area contributed by atoms with E-state index in [1.807, 2.05) is 37.3 Å². The van der Waals surface area contributed by atoms with Gasteiger partial charge in [-0.1, -0.05) is 55.3 Å². The summed E-state index contributed by atoms with van der Waals surface area (Å²) in [4.78, 5) is 13.3. The maximum atomic E-state index is 13.4. The number of carbonyl (C=O) groups is 1. The molecule has 10 heteroatoms. The van der Waals surface area contributed by atoms with Gasteiger partial charge in [0.05, 0.1) is 29.9 Å². The zero-order chi connectivity index (χ0) is 27.1. The third-order valence-electron chi connectivity index (χ3n) is 5.90. The second-order valence-electron chi connectivity index (χ2n) is 8.58. The summed E-state index contributed by atoms with van der Waals surface area (Å²) in [5, 5.41) is 8.13. The summed E-state index contributed by atoms with van der Waals surface area (Å²) in [5.74, 6) is 0.480. The summed E-state index contributed by atoms with van der Waals surface area (Å²) < 4.78 is 34.8. The first kappa shape index (κ1) is 27.4. The van der Waals surface area contributed by atoms with Crippen LogP contribution in [0.5, 0.6) is 5.75 Å². The van der Waals surface area contributed by atoms with Crippen LogP contribution < -0.4 is 10.1 Å². The van der Waals surface area contributed by atoms with Gasteiger partial charge in [-0.05, 0) is 55.0 Å². The molecule has 1 aromatic heterocycles. The Morgan fingerprint density at radius 2 is 1.71 bits per heavy atom. The van der Waals surface area contributed by atoms with Gasteiger partial charge in [0.25, 0.3) is 0 Å². The van der Waals surface area contributed by atoms with Crippen LogP contribution in [-0.2, 0) is 14.8 Å². The molecule has 0 unspecified atom stereocenters. The molecule has 4 aromatic rings. The van der Waals surface area contributed by atoms with Crippen LogP contribution >= 0.6 is 11.6 Å². The maximum absolute atomic E-state index is 13.4. The van der Waals surface area contributed by atoms with Crippen molar-refractivity contribution in [3.8, 4) is 22.7 Å². The molecule has 0 saturated carbocycles. The van der Waals surface area contributed by atoms with E-state index in [4.69, 9.17) is 16.3 Å². The number of anilines is 1. The smallest absolute Gasteiger partial charge is 0.243 e. The fraction of sp³-hybridized carbons (Fsp3) is 0.214. The van der Waals surface area contributed by atoms with Crippen molar-refractivity contribution in [2.45, 2.75) is 24.7 Å². The number of nitrogens with zero attached hydrogens (tertiary/aromatic N) is 3. The Morgan fingerprint density at radius 1 is 1.03 bits per heavy atom. The number of unbranched alkanes of at least 4 members (excludes halogenated alkanes) is 1. The number of aromatic nitrogens is 2. The number of hydrogen-bond acceptors (Lipinski definition) is 5. The first-order chi connectivity index (χ1) is 18.3. The van der Waals surface area contributed by atoms with Gasteiger partial charge in [0.15, 0.2) is 0 Å². The van der Waals surface area contributed by atoms with Gasteiger partial charge in [-0.2, -0.15) is 9.40 Å². The molecule has 3 aromatic carbocycles. The fourth-order valence-electron chi connectivity index (χ4n) is 3.86. The Labute approximate surface area is 227 Å². The molecule has 0 fully saturated rings. The highest BCUT2D eigenvalue weighted by Gasteiger charge is 2.27. The highest BCUT2D eigenvalue weighted by atomic mass is 35.5. The molecular weight excluding hydrogens is 524 g/mol. The topological polar surface area (TPSA) is 93.5 Å². The minimum absolute atomic E-state index is 0.0970. The molecule has 0 saturated heterocycles. The van der Waals surface area contributed by atoms with Gasteiger partial charge in [-0.15, -0.1) is 0 Å². The molecule has 0 radical (unpaired) electrons. The molecular formula is C28H29ClN4O4S. The number of ether oxygens (including phenoxy) is 1. The predicted molar refractivity (Wildman–Crippen MR) is 149 cm³/mol. The molecule has 4 rings (SSSR count). The fourth-order valence-corrected chi connectivity index (χ4v) is 5.42. The van der Waals surface area contributed by atoms with Crippen molar-refractivity contribution in [2.24, 2.45) is 0 Å². The van der Waals surface area contributed by atoms with Crippen LogP contribution in [0, 0.1) is 0 Å². The molecule has 0 spiro atoms. The number of nitrogens with one attached hydrogen (secondary N) is 1. The van der Waals surface area contributed by atoms with Crippen molar-refractivity contribution in [1.82, 2.24) is 14.1 Å². The van der Waals surface area contributed by atoms with Crippen LogP contribution in [0.1, 0.15) is 19.8 Å². The minimum atomic E-state index is -3.91. The summed E-state index contributed by atoms with van der Waals surface area (Å²) in [5.41, 5.74) is 2.23. The van der Waals surface area contributed by atoms with Crippen LogP contribution in [0.2, 0.25) is 5.02 Å². The Balaban J connectivity index is 1.62. The van der Waals surface area contributed by atoms with Crippen LogP contribution in [0.25, 0.3) is 16.9 Å². The lowest BCUT2D eigenvalue weighted by Crippen LogP contribution is -2.38. The van der Waals surface area contributed by atoms with Gasteiger partial charge in [0, 0.05) is 23.2 Å². The van der Waals surface area contributed by atoms with Crippen molar-refractivity contribution < 1.29 is 17.9 Å². The molecule has 1 N–H and O–H groups in total. The summed E-state index contributed by atoms with van der Waals surface area (Å²) in [6.45, 7) is 1.83. The number of amides is 1. The standard InChI is InChI=1S/C28H29ClN4O4S/c1-3-4-18-32(38(35,36)25-16-14-24(37-2)15-17-25)20-28(34)30-27-19-26(21-8-6-5-7-9-21)31-33(27)23-12-10-22(29)11-13-23/h5-17,19H,3-4,18,20H2,1-2H3,(H,30,34). The van der Waals surface area contributed by atoms with Crippen molar-refractivity contribution in [3.63, 3.8) is 0 Å². The second-order valence-corrected chi connectivity index (χ2v) is 11.0. The van der Waals surface area contributed by atoms with Crippen LogP contribution in [-0.4, -0.2) is 48.6 Å². The number of rotatable bonds is 11. The van der Waals surface area contributed by atoms with E-state index in [0.29, 0.717) is 34.4 Å². The Kier molecular flexibility index (Phi) is 8.83. The largest absolute Gasteiger partial charge is 0.497 e. The minimum Gasteiger partial charge on any atom is -0.497 e. The third-order valence-corrected chi connectivity index (χ3v) is 8.01. The van der Waals surface area contributed by atoms with E-state index < -0.39 is 15.9 Å². The second kappa shape index (κ2) is 12.3. The van der Waals surface area contributed by atoms with Gasteiger partial charge in [0.1, 0.15) is 11.6 Å². The van der Waals surface area contributed by atoms with Crippen molar-refractivity contribution in [1.29, 1.82) is 0 Å². The van der Waals surface area contributed by atoms with Gasteiger partial charge in [-0.3, -0.25) is 4.79 Å². The highest BCUT2D eigenvalue weighted by Crippen LogP contribution is 2.26. The number of carbonyl (C=O) groups excluding carboxylic acids is 1. The van der Waals surface area contributed by atoms with Crippen molar-refractivity contribution in [2.75, 3.05) is 25.5 Å². The van der Waals surface area contributed by atoms with E-state index in [1.54, 1.807) is 47.1 Å². The van der Waals surface area contributed by atoms with Gasteiger partial charge >= 0.3 is 0 Å². The SMILES string of the molecule is CCCCN(CC(=O)Nc1cc(-c2ccccc2)nn1-c1ccc(Cl)cc1)S(=O)(=O)c1ccc(OC)cc1. The summed E-state index contributed by atoms with van der Waals surface area (Å²) in [6, 6.07) is 24.5. The van der Waals surface area contributed by atoms with E-state index >= 15 is 0 Å². The van der Waals surface area contributed by atoms with E-state index in [-0.39, 0.29) is 18.0 Å². The molecule has 1 heterocycles.